The van der Waals surface area contributed by atoms with Gasteiger partial charge in [-0.1, -0.05) is 0 Å². The Morgan fingerprint density at radius 2 is 2.29 bits per heavy atom. The zero-order chi connectivity index (χ0) is 14.2. The highest BCUT2D eigenvalue weighted by atomic mass is 127. The Labute approximate surface area is 146 Å². The largest absolute Gasteiger partial charge is 0.356 e. The van der Waals surface area contributed by atoms with E-state index in [-0.39, 0.29) is 24.0 Å². The van der Waals surface area contributed by atoms with Crippen LogP contribution in [0.15, 0.2) is 35.2 Å². The second-order valence-electron chi connectivity index (χ2n) is 4.53. The molecule has 0 unspecified atom stereocenters. The minimum Gasteiger partial charge on any atom is -0.356 e. The van der Waals surface area contributed by atoms with Crippen LogP contribution < -0.4 is 10.6 Å². The molecule has 5 nitrogen and oxygen atoms in total. The Bertz CT molecular complexity index is 535. The van der Waals surface area contributed by atoms with Crippen molar-refractivity contribution in [2.24, 2.45) is 4.99 Å². The van der Waals surface area contributed by atoms with Crippen molar-refractivity contribution in [1.82, 2.24) is 20.2 Å². The van der Waals surface area contributed by atoms with Crippen molar-refractivity contribution in [2.45, 2.75) is 26.4 Å². The molecule has 21 heavy (non-hydrogen) atoms. The standard InChI is InChI=1S/C14H21N5S.HI/c1-12-4-9-20-13(12)10-18-14(15-2)17-5-3-7-19-8-6-16-11-19;/h4,6,8-9,11H,3,5,7,10H2,1-2H3,(H2,15,17,18);1H. The van der Waals surface area contributed by atoms with Crippen LogP contribution in [0.25, 0.3) is 0 Å². The van der Waals surface area contributed by atoms with Crippen LogP contribution in [0.1, 0.15) is 16.9 Å². The van der Waals surface area contributed by atoms with E-state index in [0.717, 1.165) is 32.0 Å². The summed E-state index contributed by atoms with van der Waals surface area (Å²) in [7, 11) is 1.80. The lowest BCUT2D eigenvalue weighted by atomic mass is 10.3. The molecule has 0 aliphatic rings. The Hall–Kier alpha value is -1.09. The molecule has 0 radical (unpaired) electrons. The fourth-order valence-electron chi connectivity index (χ4n) is 1.86. The van der Waals surface area contributed by atoms with E-state index in [1.165, 1.54) is 10.4 Å². The Morgan fingerprint density at radius 3 is 2.90 bits per heavy atom. The summed E-state index contributed by atoms with van der Waals surface area (Å²) in [6, 6.07) is 2.14. The molecule has 0 saturated carbocycles. The van der Waals surface area contributed by atoms with Gasteiger partial charge in [0.1, 0.15) is 0 Å². The molecule has 2 aromatic heterocycles. The third kappa shape index (κ3) is 6.04. The van der Waals surface area contributed by atoms with Crippen molar-refractivity contribution in [2.75, 3.05) is 13.6 Å². The third-order valence-corrected chi connectivity index (χ3v) is 4.08. The van der Waals surface area contributed by atoms with Gasteiger partial charge in [-0.2, -0.15) is 0 Å². The van der Waals surface area contributed by atoms with E-state index >= 15 is 0 Å². The highest BCUT2D eigenvalue weighted by Crippen LogP contribution is 2.14. The van der Waals surface area contributed by atoms with Gasteiger partial charge in [0.05, 0.1) is 12.9 Å². The van der Waals surface area contributed by atoms with E-state index in [4.69, 9.17) is 0 Å². The summed E-state index contributed by atoms with van der Waals surface area (Å²) in [4.78, 5) is 9.61. The Kier molecular flexibility index (Phi) is 8.36. The van der Waals surface area contributed by atoms with E-state index in [9.17, 15) is 0 Å². The minimum absolute atomic E-state index is 0. The molecule has 0 aliphatic carbocycles. The summed E-state index contributed by atoms with van der Waals surface area (Å²) in [6.07, 6.45) is 6.66. The van der Waals surface area contributed by atoms with Gasteiger partial charge in [0.25, 0.3) is 0 Å². The molecule has 116 valence electrons. The monoisotopic (exact) mass is 419 g/mol. The number of guanidine groups is 1. The maximum atomic E-state index is 4.23. The number of hydrogen-bond donors (Lipinski definition) is 2. The van der Waals surface area contributed by atoms with Crippen molar-refractivity contribution in [3.05, 3.63) is 40.6 Å². The molecule has 0 spiro atoms. The quantitative estimate of drug-likeness (QED) is 0.328. The highest BCUT2D eigenvalue weighted by molar-refractivity contribution is 14.0. The molecule has 2 rings (SSSR count). The SMILES string of the molecule is CN=C(NCCCn1ccnc1)NCc1sccc1C.I. The van der Waals surface area contributed by atoms with E-state index in [1.807, 2.05) is 12.5 Å². The Balaban J connectivity index is 0.00000220. The number of imidazole rings is 1. The second-order valence-corrected chi connectivity index (χ2v) is 5.53. The average molecular weight is 419 g/mol. The number of aliphatic imine (C=N–C) groups is 1. The van der Waals surface area contributed by atoms with Crippen molar-refractivity contribution in [1.29, 1.82) is 0 Å². The molecule has 0 aromatic carbocycles. The number of nitrogens with one attached hydrogen (secondary N) is 2. The number of nitrogens with zero attached hydrogens (tertiary/aromatic N) is 3. The first-order valence-electron chi connectivity index (χ1n) is 6.73. The molecular weight excluding hydrogens is 397 g/mol. The fourth-order valence-corrected chi connectivity index (χ4v) is 2.70. The zero-order valence-corrected chi connectivity index (χ0v) is 15.5. The third-order valence-electron chi connectivity index (χ3n) is 3.05. The fraction of sp³-hybridized carbons (Fsp3) is 0.429. The summed E-state index contributed by atoms with van der Waals surface area (Å²) in [5, 5.41) is 8.78. The molecular formula is C14H22IN5S. The van der Waals surface area contributed by atoms with E-state index in [0.29, 0.717) is 0 Å². The summed E-state index contributed by atoms with van der Waals surface area (Å²) >= 11 is 1.77. The number of aromatic nitrogens is 2. The van der Waals surface area contributed by atoms with Crippen LogP contribution in [0.4, 0.5) is 0 Å². The molecule has 0 fully saturated rings. The van der Waals surface area contributed by atoms with Crippen LogP contribution in [0.2, 0.25) is 0 Å². The lowest BCUT2D eigenvalue weighted by Gasteiger charge is -2.11. The van der Waals surface area contributed by atoms with E-state index < -0.39 is 0 Å². The zero-order valence-electron chi connectivity index (χ0n) is 12.4. The molecule has 2 N–H and O–H groups in total. The van der Waals surface area contributed by atoms with Crippen LogP contribution in [0, 0.1) is 6.92 Å². The molecule has 0 amide bonds. The summed E-state index contributed by atoms with van der Waals surface area (Å²) in [5.74, 6) is 0.850. The lowest BCUT2D eigenvalue weighted by molar-refractivity contribution is 0.624. The maximum Gasteiger partial charge on any atom is 0.191 e. The molecule has 0 atom stereocenters. The van der Waals surface area contributed by atoms with Crippen LogP contribution >= 0.6 is 35.3 Å². The van der Waals surface area contributed by atoms with Gasteiger partial charge in [-0.05, 0) is 30.4 Å². The van der Waals surface area contributed by atoms with Gasteiger partial charge >= 0.3 is 0 Å². The van der Waals surface area contributed by atoms with E-state index in [2.05, 4.69) is 43.5 Å². The van der Waals surface area contributed by atoms with Gasteiger partial charge in [0, 0.05) is 37.4 Å². The van der Waals surface area contributed by atoms with Gasteiger partial charge in [-0.3, -0.25) is 4.99 Å². The second kappa shape index (κ2) is 9.78. The van der Waals surface area contributed by atoms with E-state index in [1.54, 1.807) is 24.6 Å². The summed E-state index contributed by atoms with van der Waals surface area (Å²) in [6.45, 7) is 4.81. The van der Waals surface area contributed by atoms with Crippen LogP contribution in [-0.4, -0.2) is 29.1 Å². The smallest absolute Gasteiger partial charge is 0.191 e. The van der Waals surface area contributed by atoms with Crippen molar-refractivity contribution < 1.29 is 0 Å². The van der Waals surface area contributed by atoms with Gasteiger partial charge < -0.3 is 15.2 Å². The number of rotatable bonds is 6. The number of hydrogen-bond acceptors (Lipinski definition) is 3. The van der Waals surface area contributed by atoms with Crippen molar-refractivity contribution >= 4 is 41.3 Å². The van der Waals surface area contributed by atoms with Gasteiger partial charge in [0.2, 0.25) is 0 Å². The normalized spacial score (nSPS) is 11.0. The molecule has 0 aliphatic heterocycles. The first-order valence-corrected chi connectivity index (χ1v) is 7.61. The summed E-state index contributed by atoms with van der Waals surface area (Å²) < 4.78 is 2.08. The molecule has 2 aromatic rings. The van der Waals surface area contributed by atoms with Gasteiger partial charge in [-0.25, -0.2) is 4.98 Å². The first kappa shape index (κ1) is 18.0. The number of halogens is 1. The molecule has 0 saturated heterocycles. The van der Waals surface area contributed by atoms with Crippen molar-refractivity contribution in [3.8, 4) is 0 Å². The van der Waals surface area contributed by atoms with Crippen LogP contribution in [0.3, 0.4) is 0 Å². The number of aryl methyl sites for hydroxylation is 2. The van der Waals surface area contributed by atoms with Gasteiger partial charge in [-0.15, -0.1) is 35.3 Å². The predicted octanol–water partition coefficient (Wildman–Crippen LogP) is 2.63. The predicted molar refractivity (Wildman–Crippen MR) is 99.5 cm³/mol. The van der Waals surface area contributed by atoms with Gasteiger partial charge in [0.15, 0.2) is 5.96 Å². The van der Waals surface area contributed by atoms with Crippen LogP contribution in [-0.2, 0) is 13.1 Å². The summed E-state index contributed by atoms with van der Waals surface area (Å²) in [5.41, 5.74) is 1.33. The average Bonchev–Trinajstić information content (AvgIpc) is 3.10. The molecule has 0 bridgehead atoms. The van der Waals surface area contributed by atoms with Crippen molar-refractivity contribution in [3.63, 3.8) is 0 Å². The minimum atomic E-state index is 0. The number of thiophene rings is 1. The molecule has 7 heteroatoms. The highest BCUT2D eigenvalue weighted by Gasteiger charge is 2.01. The topological polar surface area (TPSA) is 54.2 Å². The van der Waals surface area contributed by atoms with Crippen LogP contribution in [0.5, 0.6) is 0 Å². The maximum absolute atomic E-state index is 4.23. The first-order chi connectivity index (χ1) is 9.79. The molecule has 2 heterocycles. The Morgan fingerprint density at radius 1 is 1.43 bits per heavy atom. The lowest BCUT2D eigenvalue weighted by Crippen LogP contribution is -2.37.